The molecule has 0 atom stereocenters. The van der Waals surface area contributed by atoms with Gasteiger partial charge in [0.1, 0.15) is 5.82 Å². The van der Waals surface area contributed by atoms with Crippen LogP contribution in [0.5, 0.6) is 5.75 Å². The monoisotopic (exact) mass is 384 g/mol. The lowest BCUT2D eigenvalue weighted by atomic mass is 10.1. The number of nitrogens with one attached hydrogen (secondary N) is 1. The number of methoxy groups -OCH3 is 1. The highest BCUT2D eigenvalue weighted by molar-refractivity contribution is 5.80. The minimum atomic E-state index is -0.436. The topological polar surface area (TPSA) is 74.6 Å². The van der Waals surface area contributed by atoms with Crippen molar-refractivity contribution in [2.24, 2.45) is 0 Å². The second-order valence-corrected chi connectivity index (χ2v) is 6.51. The number of hydrogen-bond donors (Lipinski definition) is 1. The maximum Gasteiger partial charge on any atom is 0.165 e. The molecular formula is C23H17FN4O. The van der Waals surface area contributed by atoms with Gasteiger partial charge in [0.15, 0.2) is 11.6 Å². The molecule has 0 radical (unpaired) electrons. The van der Waals surface area contributed by atoms with E-state index in [4.69, 9.17) is 15.0 Å². The first kappa shape index (κ1) is 18.4. The van der Waals surface area contributed by atoms with E-state index < -0.39 is 5.82 Å². The molecule has 0 bridgehead atoms. The van der Waals surface area contributed by atoms with E-state index in [1.165, 1.54) is 13.2 Å². The summed E-state index contributed by atoms with van der Waals surface area (Å²) in [6, 6.07) is 19.6. The molecule has 5 nitrogen and oxygen atoms in total. The number of rotatable bonds is 4. The Balaban J connectivity index is 1.90. The number of nitriles is 1. The van der Waals surface area contributed by atoms with Gasteiger partial charge in [0.25, 0.3) is 0 Å². The summed E-state index contributed by atoms with van der Waals surface area (Å²) in [5.41, 5.74) is 5.08. The Morgan fingerprint density at radius 3 is 2.45 bits per heavy atom. The zero-order valence-corrected chi connectivity index (χ0v) is 15.9. The van der Waals surface area contributed by atoms with Crippen LogP contribution >= 0.6 is 0 Å². The van der Waals surface area contributed by atoms with Gasteiger partial charge in [-0.1, -0.05) is 6.07 Å². The number of imidazole rings is 1. The molecule has 2 aromatic heterocycles. The molecule has 2 aromatic carbocycles. The zero-order valence-electron chi connectivity index (χ0n) is 15.9. The van der Waals surface area contributed by atoms with Gasteiger partial charge in [0.2, 0.25) is 0 Å². The minimum Gasteiger partial charge on any atom is -0.494 e. The predicted molar refractivity (Wildman–Crippen MR) is 109 cm³/mol. The number of hydrogen-bond acceptors (Lipinski definition) is 4. The average molecular weight is 384 g/mol. The van der Waals surface area contributed by atoms with Gasteiger partial charge >= 0.3 is 0 Å². The van der Waals surface area contributed by atoms with Crippen LogP contribution in [-0.4, -0.2) is 22.1 Å². The molecular weight excluding hydrogens is 367 g/mol. The molecule has 4 rings (SSSR count). The third-order valence-electron chi connectivity index (χ3n) is 4.56. The summed E-state index contributed by atoms with van der Waals surface area (Å²) in [4.78, 5) is 12.7. The molecule has 2 heterocycles. The van der Waals surface area contributed by atoms with Crippen molar-refractivity contribution in [1.29, 1.82) is 5.26 Å². The molecule has 1 N–H and O–H groups in total. The van der Waals surface area contributed by atoms with E-state index in [-0.39, 0.29) is 5.75 Å². The molecule has 0 fully saturated rings. The number of aromatic nitrogens is 3. The first-order valence-electron chi connectivity index (χ1n) is 8.97. The van der Waals surface area contributed by atoms with Gasteiger partial charge in [-0.15, -0.1) is 0 Å². The molecule has 29 heavy (non-hydrogen) atoms. The van der Waals surface area contributed by atoms with Gasteiger partial charge in [-0.3, -0.25) is 4.98 Å². The second-order valence-electron chi connectivity index (χ2n) is 6.51. The molecule has 0 unspecified atom stereocenters. The first-order chi connectivity index (χ1) is 14.1. The fourth-order valence-corrected chi connectivity index (χ4v) is 3.10. The molecule has 0 amide bonds. The largest absolute Gasteiger partial charge is 0.494 e. The van der Waals surface area contributed by atoms with Crippen LogP contribution in [-0.2, 0) is 0 Å². The third kappa shape index (κ3) is 3.58. The van der Waals surface area contributed by atoms with Crippen molar-refractivity contribution in [2.75, 3.05) is 7.11 Å². The highest BCUT2D eigenvalue weighted by Gasteiger charge is 2.18. The summed E-state index contributed by atoms with van der Waals surface area (Å²) >= 11 is 0. The van der Waals surface area contributed by atoms with Gasteiger partial charge in [0.05, 0.1) is 35.8 Å². The molecule has 0 saturated heterocycles. The zero-order chi connectivity index (χ0) is 20.4. The molecule has 0 aliphatic carbocycles. The first-order valence-corrected chi connectivity index (χ1v) is 8.97. The Hall–Kier alpha value is -3.98. The Kier molecular flexibility index (Phi) is 4.80. The number of aryl methyl sites for hydroxylation is 1. The van der Waals surface area contributed by atoms with E-state index >= 15 is 0 Å². The smallest absolute Gasteiger partial charge is 0.165 e. The lowest BCUT2D eigenvalue weighted by Gasteiger charge is -2.06. The summed E-state index contributed by atoms with van der Waals surface area (Å²) in [5, 5.41) is 9.02. The van der Waals surface area contributed by atoms with Crippen LogP contribution in [0.1, 0.15) is 11.3 Å². The number of H-pyrrole nitrogens is 1. The fraction of sp³-hybridized carbons (Fsp3) is 0.0870. The van der Waals surface area contributed by atoms with Gasteiger partial charge in [-0.2, -0.15) is 5.26 Å². The predicted octanol–water partition coefficient (Wildman–Crippen LogP) is 5.13. The lowest BCUT2D eigenvalue weighted by Crippen LogP contribution is -1.92. The SMILES string of the molecule is COc1cc(-c2nc(-c3ccc(C#N)cc3)[nH]c2-c2cccc(C)n2)ccc1F. The number of ether oxygens (including phenoxy) is 1. The Labute approximate surface area is 167 Å². The summed E-state index contributed by atoms with van der Waals surface area (Å²) in [7, 11) is 1.43. The summed E-state index contributed by atoms with van der Waals surface area (Å²) in [6.45, 7) is 1.92. The average Bonchev–Trinajstić information content (AvgIpc) is 3.19. The molecule has 4 aromatic rings. The van der Waals surface area contributed by atoms with Crippen molar-refractivity contribution in [3.63, 3.8) is 0 Å². The number of benzene rings is 2. The van der Waals surface area contributed by atoms with Crippen LogP contribution in [0.25, 0.3) is 34.0 Å². The van der Waals surface area contributed by atoms with Crippen LogP contribution in [0.3, 0.4) is 0 Å². The van der Waals surface area contributed by atoms with Gasteiger partial charge in [-0.05, 0) is 61.5 Å². The Morgan fingerprint density at radius 1 is 1.00 bits per heavy atom. The quantitative estimate of drug-likeness (QED) is 0.529. The van der Waals surface area contributed by atoms with Gasteiger partial charge in [0, 0.05) is 16.8 Å². The highest BCUT2D eigenvalue weighted by Crippen LogP contribution is 2.34. The van der Waals surface area contributed by atoms with Gasteiger partial charge in [-0.25, -0.2) is 9.37 Å². The Bertz CT molecular complexity index is 1220. The lowest BCUT2D eigenvalue weighted by molar-refractivity contribution is 0.387. The molecule has 0 aliphatic heterocycles. The summed E-state index contributed by atoms with van der Waals surface area (Å²) < 4.78 is 19.0. The van der Waals surface area contributed by atoms with E-state index in [9.17, 15) is 4.39 Å². The normalized spacial score (nSPS) is 10.6. The summed E-state index contributed by atoms with van der Waals surface area (Å²) in [6.07, 6.45) is 0. The van der Waals surface area contributed by atoms with Gasteiger partial charge < -0.3 is 9.72 Å². The highest BCUT2D eigenvalue weighted by atomic mass is 19.1. The van der Waals surface area contributed by atoms with Crippen molar-refractivity contribution in [3.05, 3.63) is 77.7 Å². The van der Waals surface area contributed by atoms with E-state index in [1.807, 2.05) is 37.3 Å². The molecule has 6 heteroatoms. The molecule has 0 aliphatic rings. The second kappa shape index (κ2) is 7.56. The van der Waals surface area contributed by atoms with Crippen molar-refractivity contribution in [3.8, 4) is 45.9 Å². The molecule has 0 spiro atoms. The molecule has 0 saturated carbocycles. The van der Waals surface area contributed by atoms with Crippen molar-refractivity contribution in [1.82, 2.24) is 15.0 Å². The number of pyridine rings is 1. The van der Waals surface area contributed by atoms with Crippen LogP contribution in [0, 0.1) is 24.1 Å². The number of aromatic amines is 1. The van der Waals surface area contributed by atoms with Crippen molar-refractivity contribution in [2.45, 2.75) is 6.92 Å². The van der Waals surface area contributed by atoms with E-state index in [2.05, 4.69) is 16.0 Å². The number of nitrogens with zero attached hydrogens (tertiary/aromatic N) is 3. The standard InChI is InChI=1S/C23H17FN4O/c1-14-4-3-5-19(26-14)22-21(17-10-11-18(24)20(12-17)29-2)27-23(28-22)16-8-6-15(13-25)7-9-16/h3-12H,1-2H3,(H,27,28). The molecule has 142 valence electrons. The number of halogens is 1. The van der Waals surface area contributed by atoms with Crippen LogP contribution < -0.4 is 4.74 Å². The Morgan fingerprint density at radius 2 is 1.76 bits per heavy atom. The van der Waals surface area contributed by atoms with Crippen molar-refractivity contribution >= 4 is 0 Å². The third-order valence-corrected chi connectivity index (χ3v) is 4.56. The minimum absolute atomic E-state index is 0.147. The van der Waals surface area contributed by atoms with Crippen LogP contribution in [0.4, 0.5) is 4.39 Å². The van der Waals surface area contributed by atoms with Crippen LogP contribution in [0.2, 0.25) is 0 Å². The van der Waals surface area contributed by atoms with Crippen molar-refractivity contribution < 1.29 is 9.13 Å². The maximum atomic E-state index is 13.9. The van der Waals surface area contributed by atoms with E-state index in [1.54, 1.807) is 24.3 Å². The van der Waals surface area contributed by atoms with E-state index in [0.29, 0.717) is 22.6 Å². The van der Waals surface area contributed by atoms with Crippen LogP contribution in [0.15, 0.2) is 60.7 Å². The van der Waals surface area contributed by atoms with E-state index in [0.717, 1.165) is 22.6 Å². The maximum absolute atomic E-state index is 13.9. The fourth-order valence-electron chi connectivity index (χ4n) is 3.10. The summed E-state index contributed by atoms with van der Waals surface area (Å²) in [5.74, 6) is 0.342.